The second-order valence-electron chi connectivity index (χ2n) is 4.29. The van der Waals surface area contributed by atoms with Crippen LogP contribution in [0.3, 0.4) is 0 Å². The van der Waals surface area contributed by atoms with Crippen LogP contribution in [0.4, 0.5) is 4.79 Å². The number of hydrogen-bond acceptors (Lipinski definition) is 2. The van der Waals surface area contributed by atoms with Crippen molar-refractivity contribution in [1.29, 1.82) is 0 Å². The van der Waals surface area contributed by atoms with Crippen LogP contribution >= 0.6 is 0 Å². The van der Waals surface area contributed by atoms with Crippen LogP contribution in [0.25, 0.3) is 0 Å². The number of amides is 2. The summed E-state index contributed by atoms with van der Waals surface area (Å²) in [7, 11) is 3.35. The molecule has 2 amide bonds. The fraction of sp³-hybridized carbons (Fsp3) is 0.800. The Balaban J connectivity index is 2.73. The second-order valence-corrected chi connectivity index (χ2v) is 4.29. The first-order valence-electron chi connectivity index (χ1n) is 5.12. The van der Waals surface area contributed by atoms with Crippen molar-refractivity contribution in [3.63, 3.8) is 0 Å². The average molecular weight is 214 g/mol. The Hall–Kier alpha value is -1.26. The molecule has 1 rings (SSSR count). The number of hydrogen-bond donors (Lipinski definition) is 1. The van der Waals surface area contributed by atoms with E-state index in [4.69, 9.17) is 5.11 Å². The largest absolute Gasteiger partial charge is 0.481 e. The smallest absolute Gasteiger partial charge is 0.319 e. The molecule has 86 valence electrons. The third kappa shape index (κ3) is 2.06. The third-order valence-electron chi connectivity index (χ3n) is 3.14. The molecule has 5 nitrogen and oxygen atoms in total. The van der Waals surface area contributed by atoms with Crippen LogP contribution in [0.2, 0.25) is 0 Å². The molecule has 0 aliphatic carbocycles. The average Bonchev–Trinajstić information content (AvgIpc) is 2.61. The number of likely N-dealkylation sites (tertiary alicyclic amines) is 1. The van der Waals surface area contributed by atoms with Crippen LogP contribution < -0.4 is 0 Å². The van der Waals surface area contributed by atoms with Crippen molar-refractivity contribution in [3.8, 4) is 0 Å². The van der Waals surface area contributed by atoms with E-state index in [9.17, 15) is 9.59 Å². The molecule has 1 aliphatic heterocycles. The van der Waals surface area contributed by atoms with E-state index in [2.05, 4.69) is 0 Å². The molecular weight excluding hydrogens is 196 g/mol. The van der Waals surface area contributed by atoms with Gasteiger partial charge in [-0.25, -0.2) is 4.79 Å². The fourth-order valence-electron chi connectivity index (χ4n) is 1.93. The zero-order chi connectivity index (χ0) is 11.6. The molecule has 0 aromatic rings. The zero-order valence-corrected chi connectivity index (χ0v) is 9.49. The molecule has 1 N–H and O–H groups in total. The summed E-state index contributed by atoms with van der Waals surface area (Å²) in [5.74, 6) is -0.793. The van der Waals surface area contributed by atoms with Gasteiger partial charge in [-0.2, -0.15) is 0 Å². The summed E-state index contributed by atoms with van der Waals surface area (Å²) in [6, 6.07) is -0.105. The monoisotopic (exact) mass is 214 g/mol. The van der Waals surface area contributed by atoms with Gasteiger partial charge in [-0.3, -0.25) is 4.79 Å². The Morgan fingerprint density at radius 2 is 2.07 bits per heavy atom. The van der Waals surface area contributed by atoms with Crippen molar-refractivity contribution in [3.05, 3.63) is 0 Å². The van der Waals surface area contributed by atoms with E-state index in [1.807, 2.05) is 6.92 Å². The van der Waals surface area contributed by atoms with Crippen molar-refractivity contribution in [2.24, 2.45) is 5.41 Å². The van der Waals surface area contributed by atoms with Gasteiger partial charge in [0.2, 0.25) is 0 Å². The lowest BCUT2D eigenvalue weighted by atomic mass is 9.84. The number of aliphatic carboxylic acids is 1. The molecule has 1 heterocycles. The number of carboxylic acid groups (broad SMARTS) is 1. The normalized spacial score (nSPS) is 25.4. The van der Waals surface area contributed by atoms with Gasteiger partial charge in [0, 0.05) is 27.2 Å². The topological polar surface area (TPSA) is 60.9 Å². The molecule has 0 radical (unpaired) electrons. The standard InChI is InChI=1S/C10H18N2O3/c1-4-10(8(13)14)5-6-12(7-10)9(15)11(2)3/h4-7H2,1-3H3,(H,13,14). The molecule has 15 heavy (non-hydrogen) atoms. The zero-order valence-electron chi connectivity index (χ0n) is 9.49. The van der Waals surface area contributed by atoms with E-state index < -0.39 is 11.4 Å². The Bertz CT molecular complexity index is 278. The van der Waals surface area contributed by atoms with Crippen LogP contribution in [0.1, 0.15) is 19.8 Å². The number of rotatable bonds is 2. The molecule has 0 saturated carbocycles. The molecule has 1 atom stereocenters. The van der Waals surface area contributed by atoms with E-state index in [-0.39, 0.29) is 6.03 Å². The van der Waals surface area contributed by atoms with E-state index in [1.165, 1.54) is 4.90 Å². The lowest BCUT2D eigenvalue weighted by Crippen LogP contribution is -2.41. The molecule has 5 heteroatoms. The minimum Gasteiger partial charge on any atom is -0.481 e. The highest BCUT2D eigenvalue weighted by Gasteiger charge is 2.44. The van der Waals surface area contributed by atoms with Gasteiger partial charge in [-0.15, -0.1) is 0 Å². The molecule has 1 aliphatic rings. The van der Waals surface area contributed by atoms with Gasteiger partial charge in [0.05, 0.1) is 5.41 Å². The van der Waals surface area contributed by atoms with Crippen molar-refractivity contribution >= 4 is 12.0 Å². The highest BCUT2D eigenvalue weighted by molar-refractivity contribution is 5.79. The van der Waals surface area contributed by atoms with Crippen molar-refractivity contribution in [2.45, 2.75) is 19.8 Å². The summed E-state index contributed by atoms with van der Waals surface area (Å²) in [5.41, 5.74) is -0.730. The summed E-state index contributed by atoms with van der Waals surface area (Å²) >= 11 is 0. The Kier molecular flexibility index (Phi) is 3.21. The van der Waals surface area contributed by atoms with E-state index in [1.54, 1.807) is 19.0 Å². The molecule has 0 aromatic heterocycles. The predicted octanol–water partition coefficient (Wildman–Crippen LogP) is 0.855. The number of urea groups is 1. The molecular formula is C10H18N2O3. The molecule has 1 unspecified atom stereocenters. The Labute approximate surface area is 89.7 Å². The summed E-state index contributed by atoms with van der Waals surface area (Å²) in [5, 5.41) is 9.15. The van der Waals surface area contributed by atoms with Gasteiger partial charge in [0.1, 0.15) is 0 Å². The van der Waals surface area contributed by atoms with Gasteiger partial charge >= 0.3 is 12.0 Å². The first kappa shape index (κ1) is 11.8. The lowest BCUT2D eigenvalue weighted by Gasteiger charge is -2.25. The summed E-state index contributed by atoms with van der Waals surface area (Å²) in [4.78, 5) is 25.9. The minimum atomic E-state index is -0.793. The summed E-state index contributed by atoms with van der Waals surface area (Å²) in [6.45, 7) is 2.73. The van der Waals surface area contributed by atoms with Crippen molar-refractivity contribution in [2.75, 3.05) is 27.2 Å². The van der Waals surface area contributed by atoms with E-state index in [0.29, 0.717) is 25.9 Å². The quantitative estimate of drug-likeness (QED) is 0.741. The third-order valence-corrected chi connectivity index (χ3v) is 3.14. The van der Waals surface area contributed by atoms with Crippen molar-refractivity contribution in [1.82, 2.24) is 9.80 Å². The number of carboxylic acids is 1. The molecule has 0 aromatic carbocycles. The SMILES string of the molecule is CCC1(C(=O)O)CCN(C(=O)N(C)C)C1. The Morgan fingerprint density at radius 3 is 2.40 bits per heavy atom. The second kappa shape index (κ2) is 4.08. The van der Waals surface area contributed by atoms with Crippen LogP contribution in [-0.4, -0.2) is 54.1 Å². The maximum Gasteiger partial charge on any atom is 0.319 e. The van der Waals surface area contributed by atoms with Crippen molar-refractivity contribution < 1.29 is 14.7 Å². The predicted molar refractivity (Wildman–Crippen MR) is 55.6 cm³/mol. The number of carbonyl (C=O) groups excluding carboxylic acids is 1. The van der Waals surface area contributed by atoms with Crippen LogP contribution in [0.5, 0.6) is 0 Å². The van der Waals surface area contributed by atoms with E-state index in [0.717, 1.165) is 0 Å². The summed E-state index contributed by atoms with van der Waals surface area (Å²) in [6.07, 6.45) is 1.12. The lowest BCUT2D eigenvalue weighted by molar-refractivity contribution is -0.148. The van der Waals surface area contributed by atoms with Crippen LogP contribution in [0.15, 0.2) is 0 Å². The Morgan fingerprint density at radius 1 is 1.47 bits per heavy atom. The van der Waals surface area contributed by atoms with Gasteiger partial charge < -0.3 is 14.9 Å². The fourth-order valence-corrected chi connectivity index (χ4v) is 1.93. The first-order valence-corrected chi connectivity index (χ1v) is 5.12. The van der Waals surface area contributed by atoms with Gasteiger partial charge in [-0.05, 0) is 12.8 Å². The van der Waals surface area contributed by atoms with Gasteiger partial charge in [0.15, 0.2) is 0 Å². The number of carbonyl (C=O) groups is 2. The van der Waals surface area contributed by atoms with Gasteiger partial charge in [-0.1, -0.05) is 6.92 Å². The maximum absolute atomic E-state index is 11.6. The number of nitrogens with zero attached hydrogens (tertiary/aromatic N) is 2. The molecule has 1 fully saturated rings. The highest BCUT2D eigenvalue weighted by Crippen LogP contribution is 2.34. The van der Waals surface area contributed by atoms with Crippen LogP contribution in [-0.2, 0) is 4.79 Å². The van der Waals surface area contributed by atoms with E-state index >= 15 is 0 Å². The molecule has 1 saturated heterocycles. The molecule has 0 bridgehead atoms. The van der Waals surface area contributed by atoms with Gasteiger partial charge in [0.25, 0.3) is 0 Å². The van der Waals surface area contributed by atoms with Crippen LogP contribution in [0, 0.1) is 5.41 Å². The first-order chi connectivity index (χ1) is 6.93. The summed E-state index contributed by atoms with van der Waals surface area (Å²) < 4.78 is 0. The highest BCUT2D eigenvalue weighted by atomic mass is 16.4. The minimum absolute atomic E-state index is 0.105. The molecule has 0 spiro atoms. The maximum atomic E-state index is 11.6.